The largest absolute Gasteiger partial charge is 0.339 e. The van der Waals surface area contributed by atoms with Crippen molar-refractivity contribution in [2.45, 2.75) is 26.7 Å². The van der Waals surface area contributed by atoms with E-state index in [2.05, 4.69) is 20.3 Å². The van der Waals surface area contributed by atoms with E-state index in [1.165, 1.54) is 6.92 Å². The molecule has 0 fully saturated rings. The minimum atomic E-state index is 0.0919. The third kappa shape index (κ3) is 3.08. The van der Waals surface area contributed by atoms with E-state index < -0.39 is 0 Å². The van der Waals surface area contributed by atoms with Crippen LogP contribution in [0.1, 0.15) is 25.1 Å². The van der Waals surface area contributed by atoms with Crippen LogP contribution >= 0.6 is 0 Å². The van der Waals surface area contributed by atoms with Gasteiger partial charge in [0.15, 0.2) is 0 Å². The fraction of sp³-hybridized carbons (Fsp3) is 0.267. The third-order valence-electron chi connectivity index (χ3n) is 3.07. The van der Waals surface area contributed by atoms with E-state index in [0.717, 1.165) is 11.1 Å². The lowest BCUT2D eigenvalue weighted by molar-refractivity contribution is -0.117. The summed E-state index contributed by atoms with van der Waals surface area (Å²) in [7, 11) is 0. The summed E-state index contributed by atoms with van der Waals surface area (Å²) in [5, 5.41) is 7.83. The average molecular weight is 298 g/mol. The van der Waals surface area contributed by atoms with Gasteiger partial charge in [0.2, 0.25) is 23.4 Å². The predicted molar refractivity (Wildman–Crippen MR) is 76.8 cm³/mol. The number of aromatic nitrogens is 4. The van der Waals surface area contributed by atoms with Gasteiger partial charge in [0.05, 0.1) is 0 Å². The first kappa shape index (κ1) is 14.1. The number of rotatable bonds is 5. The monoisotopic (exact) mass is 298 g/mol. The fourth-order valence-corrected chi connectivity index (χ4v) is 1.97. The van der Waals surface area contributed by atoms with Gasteiger partial charge in [0, 0.05) is 30.9 Å². The number of hydrogen-bond acceptors (Lipinski definition) is 7. The highest BCUT2D eigenvalue weighted by atomic mass is 16.5. The van der Waals surface area contributed by atoms with Crippen LogP contribution < -0.4 is 0 Å². The molecule has 3 rings (SSSR count). The van der Waals surface area contributed by atoms with E-state index in [4.69, 9.17) is 9.05 Å². The zero-order chi connectivity index (χ0) is 15.5. The number of Topliss-reactive ketones (excluding diaryl/α,β-unsaturated/α-hetero) is 1. The number of benzene rings is 1. The Bertz CT molecular complexity index is 806. The molecule has 2 heterocycles. The van der Waals surface area contributed by atoms with Crippen LogP contribution in [0.4, 0.5) is 0 Å². The van der Waals surface area contributed by atoms with Crippen molar-refractivity contribution < 1.29 is 13.8 Å². The summed E-state index contributed by atoms with van der Waals surface area (Å²) in [4.78, 5) is 19.5. The van der Waals surface area contributed by atoms with Crippen molar-refractivity contribution >= 4 is 5.78 Å². The quantitative estimate of drug-likeness (QED) is 0.714. The van der Waals surface area contributed by atoms with Crippen LogP contribution in [0.2, 0.25) is 0 Å². The van der Waals surface area contributed by atoms with Gasteiger partial charge in [-0.2, -0.15) is 9.97 Å². The van der Waals surface area contributed by atoms with E-state index >= 15 is 0 Å². The zero-order valence-corrected chi connectivity index (χ0v) is 12.2. The molecule has 112 valence electrons. The number of ketones is 1. The van der Waals surface area contributed by atoms with Gasteiger partial charge in [-0.1, -0.05) is 28.5 Å². The summed E-state index contributed by atoms with van der Waals surface area (Å²) >= 11 is 0. The molecule has 7 nitrogen and oxygen atoms in total. The number of carbonyl (C=O) groups is 1. The van der Waals surface area contributed by atoms with Crippen molar-refractivity contribution in [3.63, 3.8) is 0 Å². The minimum Gasteiger partial charge on any atom is -0.339 e. The number of aryl methyl sites for hydroxylation is 2. The molecule has 0 saturated carbocycles. The van der Waals surface area contributed by atoms with Crippen LogP contribution in [-0.2, 0) is 11.2 Å². The normalized spacial score (nSPS) is 10.8. The fourth-order valence-electron chi connectivity index (χ4n) is 1.97. The van der Waals surface area contributed by atoms with Crippen molar-refractivity contribution in [2.75, 3.05) is 0 Å². The van der Waals surface area contributed by atoms with Crippen molar-refractivity contribution in [1.82, 2.24) is 20.3 Å². The second-order valence-electron chi connectivity index (χ2n) is 4.93. The molecule has 3 aromatic rings. The SMILES string of the molecule is CC(=O)CCc1nc(-c2cccc(-c3noc(C)n3)c2)no1. The first-order chi connectivity index (χ1) is 10.6. The van der Waals surface area contributed by atoms with Gasteiger partial charge in [0.1, 0.15) is 5.78 Å². The van der Waals surface area contributed by atoms with E-state index in [9.17, 15) is 4.79 Å². The molecule has 7 heteroatoms. The Labute approximate surface area is 126 Å². The number of nitrogens with zero attached hydrogens (tertiary/aromatic N) is 4. The molecule has 0 amide bonds. The van der Waals surface area contributed by atoms with Crippen molar-refractivity contribution in [3.05, 3.63) is 36.0 Å². The van der Waals surface area contributed by atoms with Crippen LogP contribution in [0.3, 0.4) is 0 Å². The molecular weight excluding hydrogens is 284 g/mol. The summed E-state index contributed by atoms with van der Waals surface area (Å²) in [6, 6.07) is 7.48. The summed E-state index contributed by atoms with van der Waals surface area (Å²) in [6.07, 6.45) is 0.843. The molecule has 2 aromatic heterocycles. The highest BCUT2D eigenvalue weighted by molar-refractivity contribution is 5.75. The van der Waals surface area contributed by atoms with Gasteiger partial charge in [-0.25, -0.2) is 0 Å². The molecule has 0 saturated heterocycles. The van der Waals surface area contributed by atoms with Gasteiger partial charge >= 0.3 is 0 Å². The summed E-state index contributed by atoms with van der Waals surface area (Å²) in [6.45, 7) is 3.27. The van der Waals surface area contributed by atoms with Gasteiger partial charge < -0.3 is 13.8 Å². The molecule has 0 aliphatic rings. The Morgan fingerprint density at radius 1 is 1.09 bits per heavy atom. The smallest absolute Gasteiger partial charge is 0.227 e. The molecule has 0 aliphatic heterocycles. The molecule has 22 heavy (non-hydrogen) atoms. The molecule has 0 N–H and O–H groups in total. The Kier molecular flexibility index (Phi) is 3.78. The van der Waals surface area contributed by atoms with Crippen molar-refractivity contribution in [2.24, 2.45) is 0 Å². The van der Waals surface area contributed by atoms with Gasteiger partial charge in [0.25, 0.3) is 0 Å². The number of hydrogen-bond donors (Lipinski definition) is 0. The van der Waals surface area contributed by atoms with Gasteiger partial charge in [-0.15, -0.1) is 0 Å². The molecule has 0 radical (unpaired) electrons. The molecule has 1 aromatic carbocycles. The van der Waals surface area contributed by atoms with Gasteiger partial charge in [-0.05, 0) is 13.0 Å². The molecule has 0 bridgehead atoms. The summed E-state index contributed by atoms with van der Waals surface area (Å²) in [5.74, 6) is 2.03. The Morgan fingerprint density at radius 3 is 2.41 bits per heavy atom. The summed E-state index contributed by atoms with van der Waals surface area (Å²) in [5.41, 5.74) is 1.60. The lowest BCUT2D eigenvalue weighted by Gasteiger charge is -1.97. The van der Waals surface area contributed by atoms with Crippen LogP contribution in [0.25, 0.3) is 22.8 Å². The molecular formula is C15H14N4O3. The highest BCUT2D eigenvalue weighted by Crippen LogP contribution is 2.23. The lowest BCUT2D eigenvalue weighted by atomic mass is 10.1. The molecule has 0 atom stereocenters. The van der Waals surface area contributed by atoms with Crippen LogP contribution in [0.5, 0.6) is 0 Å². The first-order valence-electron chi connectivity index (χ1n) is 6.85. The average Bonchev–Trinajstić information content (AvgIpc) is 3.14. The highest BCUT2D eigenvalue weighted by Gasteiger charge is 2.12. The van der Waals surface area contributed by atoms with E-state index in [0.29, 0.717) is 36.3 Å². The first-order valence-corrected chi connectivity index (χ1v) is 6.85. The van der Waals surface area contributed by atoms with E-state index in [1.807, 2.05) is 24.3 Å². The maximum Gasteiger partial charge on any atom is 0.227 e. The zero-order valence-electron chi connectivity index (χ0n) is 12.2. The second kappa shape index (κ2) is 5.88. The lowest BCUT2D eigenvalue weighted by Crippen LogP contribution is -1.94. The van der Waals surface area contributed by atoms with Crippen LogP contribution in [0, 0.1) is 6.92 Å². The summed E-state index contributed by atoms with van der Waals surface area (Å²) < 4.78 is 10.1. The maximum atomic E-state index is 11.0. The predicted octanol–water partition coefficient (Wildman–Crippen LogP) is 2.62. The Morgan fingerprint density at radius 2 is 1.77 bits per heavy atom. The van der Waals surface area contributed by atoms with Crippen molar-refractivity contribution in [3.8, 4) is 22.8 Å². The van der Waals surface area contributed by atoms with E-state index in [-0.39, 0.29) is 5.78 Å². The number of carbonyl (C=O) groups excluding carboxylic acids is 1. The third-order valence-corrected chi connectivity index (χ3v) is 3.07. The van der Waals surface area contributed by atoms with Crippen LogP contribution in [-0.4, -0.2) is 26.1 Å². The Hall–Kier alpha value is -2.83. The molecule has 0 unspecified atom stereocenters. The molecule has 0 spiro atoms. The van der Waals surface area contributed by atoms with Gasteiger partial charge in [-0.3, -0.25) is 0 Å². The Balaban J connectivity index is 1.84. The van der Waals surface area contributed by atoms with E-state index in [1.54, 1.807) is 6.92 Å². The van der Waals surface area contributed by atoms with Crippen LogP contribution in [0.15, 0.2) is 33.3 Å². The molecule has 0 aliphatic carbocycles. The second-order valence-corrected chi connectivity index (χ2v) is 4.93. The standard InChI is InChI=1S/C15H14N4O3/c1-9(20)6-7-13-17-15(19-22-13)12-5-3-4-11(8-12)14-16-10(2)21-18-14/h3-5,8H,6-7H2,1-2H3. The maximum absolute atomic E-state index is 11.0. The topological polar surface area (TPSA) is 94.9 Å². The minimum absolute atomic E-state index is 0.0919. The van der Waals surface area contributed by atoms with Crippen molar-refractivity contribution in [1.29, 1.82) is 0 Å².